The zero-order valence-electron chi connectivity index (χ0n) is 20.5. The highest BCUT2D eigenvalue weighted by molar-refractivity contribution is 5.76. The number of aliphatic hydroxyl groups is 1. The van der Waals surface area contributed by atoms with E-state index in [0.29, 0.717) is 37.9 Å². The van der Waals surface area contributed by atoms with Gasteiger partial charge < -0.3 is 30.6 Å². The molecule has 1 aromatic heterocycles. The second kappa shape index (κ2) is 9.93. The largest absolute Gasteiger partial charge is 0.465 e. The molecule has 1 spiro atoms. The van der Waals surface area contributed by atoms with Crippen molar-refractivity contribution in [1.82, 2.24) is 20.2 Å². The highest BCUT2D eigenvalue weighted by atomic mass is 16.4. The highest BCUT2D eigenvalue weighted by Crippen LogP contribution is 2.44. The first-order chi connectivity index (χ1) is 16.2. The van der Waals surface area contributed by atoms with Crippen molar-refractivity contribution in [2.24, 2.45) is 11.3 Å². The molecule has 0 bridgehead atoms. The van der Waals surface area contributed by atoms with Crippen molar-refractivity contribution in [2.75, 3.05) is 43.5 Å². The van der Waals surface area contributed by atoms with Gasteiger partial charge in [-0.3, -0.25) is 4.79 Å². The summed E-state index contributed by atoms with van der Waals surface area (Å²) in [6, 6.07) is -0.175. The van der Waals surface area contributed by atoms with E-state index in [1.165, 1.54) is 4.90 Å². The average Bonchev–Trinajstić information content (AvgIpc) is 3.18. The number of likely N-dealkylation sites (tertiary alicyclic amines) is 1. The topological polar surface area (TPSA) is 131 Å². The van der Waals surface area contributed by atoms with E-state index in [0.717, 1.165) is 55.6 Å². The molecular formula is C24H38N6O4. The molecule has 2 fully saturated rings. The molecule has 34 heavy (non-hydrogen) atoms. The molecule has 0 saturated carbocycles. The van der Waals surface area contributed by atoms with Crippen LogP contribution in [0.25, 0.3) is 0 Å². The van der Waals surface area contributed by atoms with Crippen molar-refractivity contribution in [1.29, 1.82) is 0 Å². The number of carboxylic acid groups (broad SMARTS) is 1. The first-order valence-corrected chi connectivity index (χ1v) is 12.5. The summed E-state index contributed by atoms with van der Waals surface area (Å²) in [5.74, 6) is 1.81. The van der Waals surface area contributed by atoms with Crippen molar-refractivity contribution in [2.45, 2.75) is 70.9 Å². The predicted octanol–water partition coefficient (Wildman–Crippen LogP) is 1.87. The minimum Gasteiger partial charge on any atom is -0.465 e. The zero-order chi connectivity index (χ0) is 24.5. The summed E-state index contributed by atoms with van der Waals surface area (Å²) in [6.45, 7) is 5.86. The predicted molar refractivity (Wildman–Crippen MR) is 129 cm³/mol. The summed E-state index contributed by atoms with van der Waals surface area (Å²) < 4.78 is 0. The average molecular weight is 475 g/mol. The molecule has 3 heterocycles. The molecule has 0 aromatic carbocycles. The van der Waals surface area contributed by atoms with Crippen LogP contribution in [0.3, 0.4) is 0 Å². The molecule has 0 radical (unpaired) electrons. The van der Waals surface area contributed by atoms with Crippen LogP contribution in [0.5, 0.6) is 0 Å². The Morgan fingerprint density at radius 2 is 1.91 bits per heavy atom. The lowest BCUT2D eigenvalue weighted by molar-refractivity contribution is -0.120. The maximum Gasteiger partial charge on any atom is 0.407 e. The van der Waals surface area contributed by atoms with Crippen LogP contribution in [0.1, 0.15) is 57.2 Å². The standard InChI is InChI=1S/C24H38N6O4/c1-15(2)8-16(9-20(32)25-3)26-21-18-6-4-5-7-19(18)27-22(28-21)30-14-24(10-17(30)11-31)12-29(13-24)23(33)34/h15-17,31H,4-14H2,1-3H3,(H,25,32)(H,33,34)(H,26,27,28)/t16-,17-/m0/s1. The number of aliphatic hydroxyl groups excluding tert-OH is 1. The number of aryl methyl sites for hydroxylation is 1. The third-order valence-electron chi connectivity index (χ3n) is 7.38. The SMILES string of the molecule is CNC(=O)C[C@H](CC(C)C)Nc1nc(N2CC3(C[C@H]2CO)CN(C(=O)O)C3)nc2c1CCCC2. The molecule has 2 amide bonds. The molecule has 4 N–H and O–H groups in total. The van der Waals surface area contributed by atoms with Gasteiger partial charge in [0.1, 0.15) is 5.82 Å². The van der Waals surface area contributed by atoms with Gasteiger partial charge in [0.2, 0.25) is 11.9 Å². The lowest BCUT2D eigenvalue weighted by Crippen LogP contribution is -2.59. The van der Waals surface area contributed by atoms with Crippen LogP contribution in [0.4, 0.5) is 16.6 Å². The molecule has 0 unspecified atom stereocenters. The molecule has 2 atom stereocenters. The maximum atomic E-state index is 12.2. The number of nitrogens with zero attached hydrogens (tertiary/aromatic N) is 4. The second-order valence-corrected chi connectivity index (χ2v) is 10.7. The first kappa shape index (κ1) is 24.5. The number of amides is 2. The van der Waals surface area contributed by atoms with Gasteiger partial charge in [-0.1, -0.05) is 13.8 Å². The fourth-order valence-corrected chi connectivity index (χ4v) is 5.80. The Morgan fingerprint density at radius 1 is 1.18 bits per heavy atom. The fraction of sp³-hybridized carbons (Fsp3) is 0.750. The van der Waals surface area contributed by atoms with Crippen LogP contribution in [0.15, 0.2) is 0 Å². The Labute approximate surface area is 201 Å². The van der Waals surface area contributed by atoms with Crippen LogP contribution >= 0.6 is 0 Å². The van der Waals surface area contributed by atoms with Gasteiger partial charge in [0.05, 0.1) is 18.3 Å². The molecule has 3 aliphatic rings. The molecule has 10 heteroatoms. The van der Waals surface area contributed by atoms with E-state index < -0.39 is 6.09 Å². The highest BCUT2D eigenvalue weighted by Gasteiger charge is 2.53. The number of rotatable bonds is 8. The minimum atomic E-state index is -0.895. The molecule has 1 aromatic rings. The number of fused-ring (bicyclic) bond motifs is 1. The molecule has 188 valence electrons. The maximum absolute atomic E-state index is 12.2. The Balaban J connectivity index is 1.62. The minimum absolute atomic E-state index is 0.00362. The van der Waals surface area contributed by atoms with Crippen LogP contribution in [-0.2, 0) is 17.6 Å². The quantitative estimate of drug-likeness (QED) is 0.449. The molecule has 4 rings (SSSR count). The molecular weight excluding hydrogens is 436 g/mol. The van der Waals surface area contributed by atoms with Gasteiger partial charge in [-0.2, -0.15) is 4.98 Å². The Bertz CT molecular complexity index is 917. The monoisotopic (exact) mass is 474 g/mol. The van der Waals surface area contributed by atoms with Crippen molar-refractivity contribution < 1.29 is 19.8 Å². The van der Waals surface area contributed by atoms with Crippen molar-refractivity contribution in [3.8, 4) is 0 Å². The zero-order valence-corrected chi connectivity index (χ0v) is 20.5. The van der Waals surface area contributed by atoms with Gasteiger partial charge in [-0.15, -0.1) is 0 Å². The first-order valence-electron chi connectivity index (χ1n) is 12.5. The number of hydrogen-bond donors (Lipinski definition) is 4. The smallest absolute Gasteiger partial charge is 0.407 e. The Morgan fingerprint density at radius 3 is 2.56 bits per heavy atom. The lowest BCUT2D eigenvalue weighted by atomic mass is 9.78. The van der Waals surface area contributed by atoms with Crippen molar-refractivity contribution in [3.63, 3.8) is 0 Å². The van der Waals surface area contributed by atoms with E-state index in [2.05, 4.69) is 29.4 Å². The molecule has 2 saturated heterocycles. The normalized spacial score (nSPS) is 21.9. The number of hydrogen-bond acceptors (Lipinski definition) is 7. The summed E-state index contributed by atoms with van der Waals surface area (Å²) in [6.07, 6.45) is 5.02. The summed E-state index contributed by atoms with van der Waals surface area (Å²) in [4.78, 5) is 36.8. The van der Waals surface area contributed by atoms with E-state index >= 15 is 0 Å². The molecule has 2 aliphatic heterocycles. The number of carbonyl (C=O) groups excluding carboxylic acids is 1. The van der Waals surface area contributed by atoms with Gasteiger partial charge in [0.15, 0.2) is 0 Å². The Hall–Kier alpha value is -2.62. The summed E-state index contributed by atoms with van der Waals surface area (Å²) in [5, 5.41) is 25.7. The summed E-state index contributed by atoms with van der Waals surface area (Å²) >= 11 is 0. The third kappa shape index (κ3) is 5.06. The summed E-state index contributed by atoms with van der Waals surface area (Å²) in [7, 11) is 1.66. The van der Waals surface area contributed by atoms with E-state index in [1.54, 1.807) is 7.05 Å². The second-order valence-electron chi connectivity index (χ2n) is 10.7. The number of carbonyl (C=O) groups is 2. The summed E-state index contributed by atoms with van der Waals surface area (Å²) in [5.41, 5.74) is 2.02. The van der Waals surface area contributed by atoms with Gasteiger partial charge in [0, 0.05) is 50.1 Å². The molecule has 1 aliphatic carbocycles. The van der Waals surface area contributed by atoms with Gasteiger partial charge in [-0.05, 0) is 44.4 Å². The number of anilines is 2. The van der Waals surface area contributed by atoms with E-state index in [-0.39, 0.29) is 30.0 Å². The van der Waals surface area contributed by atoms with Crippen molar-refractivity contribution >= 4 is 23.8 Å². The van der Waals surface area contributed by atoms with E-state index in [9.17, 15) is 19.8 Å². The van der Waals surface area contributed by atoms with Crippen LogP contribution in [0.2, 0.25) is 0 Å². The Kier molecular flexibility index (Phi) is 7.16. The lowest BCUT2D eigenvalue weighted by Gasteiger charge is -2.46. The van der Waals surface area contributed by atoms with Crippen LogP contribution < -0.4 is 15.5 Å². The van der Waals surface area contributed by atoms with E-state index in [4.69, 9.17) is 9.97 Å². The van der Waals surface area contributed by atoms with Gasteiger partial charge >= 0.3 is 6.09 Å². The van der Waals surface area contributed by atoms with Crippen LogP contribution in [-0.4, -0.2) is 82.5 Å². The van der Waals surface area contributed by atoms with Gasteiger partial charge in [0.25, 0.3) is 0 Å². The molecule has 10 nitrogen and oxygen atoms in total. The van der Waals surface area contributed by atoms with E-state index in [1.807, 2.05) is 0 Å². The fourth-order valence-electron chi connectivity index (χ4n) is 5.80. The third-order valence-corrected chi connectivity index (χ3v) is 7.38. The number of nitrogens with one attached hydrogen (secondary N) is 2. The van der Waals surface area contributed by atoms with Crippen LogP contribution in [0, 0.1) is 11.3 Å². The number of aromatic nitrogens is 2. The van der Waals surface area contributed by atoms with Crippen molar-refractivity contribution in [3.05, 3.63) is 11.3 Å². The van der Waals surface area contributed by atoms with Gasteiger partial charge in [-0.25, -0.2) is 9.78 Å².